The summed E-state index contributed by atoms with van der Waals surface area (Å²) in [6.45, 7) is 8.11. The fourth-order valence-electron chi connectivity index (χ4n) is 3.27. The summed E-state index contributed by atoms with van der Waals surface area (Å²) >= 11 is 0. The number of carbonyl (C=O) groups is 2. The van der Waals surface area contributed by atoms with Crippen molar-refractivity contribution in [3.8, 4) is 11.5 Å². The van der Waals surface area contributed by atoms with Crippen LogP contribution in [0.2, 0.25) is 0 Å². The molecule has 7 nitrogen and oxygen atoms in total. The average molecular weight is 451 g/mol. The maximum absolute atomic E-state index is 13.1. The van der Waals surface area contributed by atoms with E-state index in [2.05, 4.69) is 12.0 Å². The molecular formula is C26H30N2O5. The predicted octanol–water partition coefficient (Wildman–Crippen LogP) is 5.25. The van der Waals surface area contributed by atoms with Crippen LogP contribution in [0.4, 0.5) is 5.69 Å². The van der Waals surface area contributed by atoms with Crippen molar-refractivity contribution < 1.29 is 23.8 Å². The number of anilines is 1. The zero-order valence-electron chi connectivity index (χ0n) is 19.8. The van der Waals surface area contributed by atoms with Crippen molar-refractivity contribution in [2.24, 2.45) is 5.10 Å². The van der Waals surface area contributed by atoms with Crippen molar-refractivity contribution in [2.75, 3.05) is 18.7 Å². The highest BCUT2D eigenvalue weighted by Crippen LogP contribution is 2.31. The number of methoxy groups -OCH3 is 1. The number of esters is 1. The van der Waals surface area contributed by atoms with Gasteiger partial charge in [-0.05, 0) is 75.2 Å². The van der Waals surface area contributed by atoms with Gasteiger partial charge in [-0.15, -0.1) is 0 Å². The van der Waals surface area contributed by atoms with E-state index in [-0.39, 0.29) is 12.0 Å². The average Bonchev–Trinajstić information content (AvgIpc) is 3.08. The molecule has 0 saturated carbocycles. The van der Waals surface area contributed by atoms with Crippen molar-refractivity contribution >= 4 is 29.4 Å². The summed E-state index contributed by atoms with van der Waals surface area (Å²) in [5, 5.41) is 5.74. The first kappa shape index (κ1) is 24.0. The van der Waals surface area contributed by atoms with E-state index in [9.17, 15) is 9.59 Å². The zero-order valence-corrected chi connectivity index (χ0v) is 19.8. The zero-order chi connectivity index (χ0) is 24.0. The van der Waals surface area contributed by atoms with Crippen molar-refractivity contribution in [1.29, 1.82) is 0 Å². The van der Waals surface area contributed by atoms with Crippen LogP contribution in [-0.4, -0.2) is 37.4 Å². The van der Waals surface area contributed by atoms with E-state index in [0.717, 1.165) is 18.4 Å². The van der Waals surface area contributed by atoms with Crippen LogP contribution in [0.3, 0.4) is 0 Å². The molecule has 0 unspecified atom stereocenters. The van der Waals surface area contributed by atoms with Gasteiger partial charge in [0.25, 0.3) is 5.91 Å². The molecule has 3 rings (SSSR count). The smallest absolute Gasteiger partial charge is 0.338 e. The largest absolute Gasteiger partial charge is 0.493 e. The third-order valence-corrected chi connectivity index (χ3v) is 5.01. The second-order valence-corrected chi connectivity index (χ2v) is 7.97. The fourth-order valence-corrected chi connectivity index (χ4v) is 3.27. The van der Waals surface area contributed by atoms with E-state index >= 15 is 0 Å². The number of hydrogen-bond donors (Lipinski definition) is 0. The van der Waals surface area contributed by atoms with Crippen molar-refractivity contribution in [3.05, 3.63) is 59.2 Å². The number of benzene rings is 2. The van der Waals surface area contributed by atoms with Gasteiger partial charge < -0.3 is 14.2 Å². The van der Waals surface area contributed by atoms with E-state index in [1.165, 1.54) is 5.01 Å². The number of rotatable bonds is 9. The number of carbonyl (C=O) groups excluding carboxylic acids is 2. The lowest BCUT2D eigenvalue weighted by molar-refractivity contribution is -0.114. The van der Waals surface area contributed by atoms with Gasteiger partial charge in [-0.3, -0.25) is 4.79 Å². The highest BCUT2D eigenvalue weighted by molar-refractivity contribution is 6.32. The Morgan fingerprint density at radius 3 is 2.48 bits per heavy atom. The van der Waals surface area contributed by atoms with Gasteiger partial charge in [-0.25, -0.2) is 4.79 Å². The maximum atomic E-state index is 13.1. The van der Waals surface area contributed by atoms with E-state index < -0.39 is 5.97 Å². The summed E-state index contributed by atoms with van der Waals surface area (Å²) in [4.78, 5) is 25.1. The molecule has 0 spiro atoms. The molecule has 0 aliphatic carbocycles. The van der Waals surface area contributed by atoms with Gasteiger partial charge in [0, 0.05) is 0 Å². The third kappa shape index (κ3) is 5.80. The minimum Gasteiger partial charge on any atom is -0.493 e. The monoisotopic (exact) mass is 450 g/mol. The first-order valence-corrected chi connectivity index (χ1v) is 11.1. The maximum Gasteiger partial charge on any atom is 0.338 e. The minimum absolute atomic E-state index is 0.201. The molecule has 0 N–H and O–H groups in total. The summed E-state index contributed by atoms with van der Waals surface area (Å²) in [5.74, 6) is 0.642. The van der Waals surface area contributed by atoms with Crippen LogP contribution < -0.4 is 14.5 Å². The number of hydrazone groups is 1. The minimum atomic E-state index is -0.402. The first-order chi connectivity index (χ1) is 15.8. The molecule has 0 bridgehead atoms. The van der Waals surface area contributed by atoms with E-state index in [1.807, 2.05) is 18.2 Å². The van der Waals surface area contributed by atoms with Gasteiger partial charge in [0.15, 0.2) is 11.5 Å². The number of ether oxygens (including phenoxy) is 3. The van der Waals surface area contributed by atoms with Crippen LogP contribution in [-0.2, 0) is 9.53 Å². The van der Waals surface area contributed by atoms with Crippen LogP contribution in [0.1, 0.15) is 56.5 Å². The Bertz CT molecular complexity index is 1070. The summed E-state index contributed by atoms with van der Waals surface area (Å²) in [6.07, 6.45) is 3.60. The molecule has 33 heavy (non-hydrogen) atoms. The normalized spacial score (nSPS) is 14.6. The van der Waals surface area contributed by atoms with E-state index in [4.69, 9.17) is 14.2 Å². The predicted molar refractivity (Wildman–Crippen MR) is 129 cm³/mol. The van der Waals surface area contributed by atoms with E-state index in [0.29, 0.717) is 40.6 Å². The lowest BCUT2D eigenvalue weighted by Gasteiger charge is -2.13. The number of unbranched alkanes of at least 4 members (excludes halogenated alkanes) is 1. The quantitative estimate of drug-likeness (QED) is 0.296. The second kappa shape index (κ2) is 10.8. The third-order valence-electron chi connectivity index (χ3n) is 5.01. The number of amides is 1. The Labute approximate surface area is 194 Å². The summed E-state index contributed by atoms with van der Waals surface area (Å²) in [5.41, 5.74) is 2.89. The summed E-state index contributed by atoms with van der Waals surface area (Å²) in [7, 11) is 1.59. The van der Waals surface area contributed by atoms with E-state index in [1.54, 1.807) is 58.2 Å². The van der Waals surface area contributed by atoms with Crippen LogP contribution in [0, 0.1) is 0 Å². The Balaban J connectivity index is 1.78. The van der Waals surface area contributed by atoms with Gasteiger partial charge in [-0.1, -0.05) is 19.4 Å². The van der Waals surface area contributed by atoms with Gasteiger partial charge in [0.2, 0.25) is 0 Å². The van der Waals surface area contributed by atoms with Gasteiger partial charge in [0.1, 0.15) is 0 Å². The Hall–Kier alpha value is -3.61. The second-order valence-electron chi connectivity index (χ2n) is 7.97. The molecule has 1 aliphatic heterocycles. The van der Waals surface area contributed by atoms with Crippen molar-refractivity contribution in [1.82, 2.24) is 0 Å². The highest BCUT2D eigenvalue weighted by atomic mass is 16.5. The molecule has 0 aromatic heterocycles. The topological polar surface area (TPSA) is 77.4 Å². The first-order valence-electron chi connectivity index (χ1n) is 11.1. The molecule has 1 heterocycles. The molecule has 174 valence electrons. The summed E-state index contributed by atoms with van der Waals surface area (Å²) < 4.78 is 16.4. The molecule has 0 saturated heterocycles. The van der Waals surface area contributed by atoms with Gasteiger partial charge in [-0.2, -0.15) is 10.1 Å². The van der Waals surface area contributed by atoms with Crippen LogP contribution in [0.15, 0.2) is 53.1 Å². The Morgan fingerprint density at radius 2 is 1.85 bits per heavy atom. The lowest BCUT2D eigenvalue weighted by Crippen LogP contribution is -2.21. The highest BCUT2D eigenvalue weighted by Gasteiger charge is 2.29. The van der Waals surface area contributed by atoms with Crippen molar-refractivity contribution in [3.63, 3.8) is 0 Å². The number of hydrogen-bond acceptors (Lipinski definition) is 6. The Kier molecular flexibility index (Phi) is 7.87. The molecule has 7 heteroatoms. The lowest BCUT2D eigenvalue weighted by atomic mass is 10.1. The molecule has 0 atom stereocenters. The standard InChI is InChI=1S/C26H30N2O5/c1-6-7-14-32-23-13-8-19(16-24(23)31-5)15-22-18(4)27-28(25(22)29)21-11-9-20(10-12-21)26(30)33-17(2)3/h8-13,15-17H,6-7,14H2,1-5H3/b22-15+. The number of nitrogens with zero attached hydrogens (tertiary/aromatic N) is 2. The van der Waals surface area contributed by atoms with Crippen LogP contribution in [0.25, 0.3) is 6.08 Å². The molecule has 2 aromatic carbocycles. The Morgan fingerprint density at radius 1 is 1.12 bits per heavy atom. The van der Waals surface area contributed by atoms with Crippen molar-refractivity contribution in [2.45, 2.75) is 46.6 Å². The molecule has 0 fully saturated rings. The molecular weight excluding hydrogens is 420 g/mol. The molecule has 1 amide bonds. The van der Waals surface area contributed by atoms with Gasteiger partial charge >= 0.3 is 5.97 Å². The molecule has 0 radical (unpaired) electrons. The fraction of sp³-hybridized carbons (Fsp3) is 0.346. The SMILES string of the molecule is CCCCOc1ccc(/C=C2/C(=O)N(c3ccc(C(=O)OC(C)C)cc3)N=C2C)cc1OC. The molecule has 1 aliphatic rings. The van der Waals surface area contributed by atoms with Crippen LogP contribution in [0.5, 0.6) is 11.5 Å². The van der Waals surface area contributed by atoms with Crippen LogP contribution >= 0.6 is 0 Å². The molecule has 2 aromatic rings. The summed E-state index contributed by atoms with van der Waals surface area (Å²) in [6, 6.07) is 12.2. The van der Waals surface area contributed by atoms with Gasteiger partial charge in [0.05, 0.1) is 42.4 Å².